The van der Waals surface area contributed by atoms with Crippen LogP contribution in [0, 0.1) is 0 Å². The van der Waals surface area contributed by atoms with Gasteiger partial charge in [0.2, 0.25) is 0 Å². The third kappa shape index (κ3) is 4.85. The van der Waals surface area contributed by atoms with E-state index in [-0.39, 0.29) is 0 Å². The lowest BCUT2D eigenvalue weighted by Crippen LogP contribution is -2.28. The fourth-order valence-electron chi connectivity index (χ4n) is 7.26. The molecule has 0 aliphatic heterocycles. The smallest absolute Gasteiger partial charge is 0.164 e. The molecule has 2 aromatic heterocycles. The fourth-order valence-corrected chi connectivity index (χ4v) is 7.26. The Labute approximate surface area is 285 Å². The van der Waals surface area contributed by atoms with Crippen molar-refractivity contribution in [1.82, 2.24) is 19.9 Å². The topological polar surface area (TPSA) is 51.6 Å². The van der Waals surface area contributed by atoms with E-state index in [4.69, 9.17) is 15.0 Å². The van der Waals surface area contributed by atoms with Gasteiger partial charge in [-0.1, -0.05) is 164 Å². The van der Waals surface area contributed by atoms with Crippen molar-refractivity contribution in [2.24, 2.45) is 0 Å². The van der Waals surface area contributed by atoms with Crippen molar-refractivity contribution in [3.05, 3.63) is 204 Å². The number of nitrogens with zero attached hydrogens (tertiary/aromatic N) is 4. The van der Waals surface area contributed by atoms with E-state index in [2.05, 4.69) is 108 Å². The lowest BCUT2D eigenvalue weighted by Gasteiger charge is -2.34. The number of aromatic nitrogens is 4. The lowest BCUT2D eigenvalue weighted by atomic mass is 9.67. The number of pyridine rings is 1. The van der Waals surface area contributed by atoms with Gasteiger partial charge in [0.25, 0.3) is 0 Å². The maximum absolute atomic E-state index is 4.98. The Morgan fingerprint density at radius 2 is 0.735 bits per heavy atom. The SMILES string of the molecule is c1ccc(-c2nc(-c3ccccc3)nc(-c3ccc(C4(c5ccc(-c6ccccn6)cc5)c5ccccc5-c5ccccc54)cc3)n2)cc1. The normalized spacial score (nSPS) is 12.7. The molecule has 0 atom stereocenters. The molecule has 49 heavy (non-hydrogen) atoms. The molecule has 4 nitrogen and oxygen atoms in total. The molecule has 0 saturated heterocycles. The van der Waals surface area contributed by atoms with E-state index in [9.17, 15) is 0 Å². The first-order valence-corrected chi connectivity index (χ1v) is 16.5. The van der Waals surface area contributed by atoms with Crippen LogP contribution < -0.4 is 0 Å². The average Bonchev–Trinajstić information content (AvgIpc) is 3.50. The third-order valence-corrected chi connectivity index (χ3v) is 9.51. The van der Waals surface area contributed by atoms with Crippen LogP contribution in [0.1, 0.15) is 22.3 Å². The molecule has 1 aliphatic carbocycles. The minimum atomic E-state index is -0.516. The van der Waals surface area contributed by atoms with E-state index in [0.717, 1.165) is 27.9 Å². The summed E-state index contributed by atoms with van der Waals surface area (Å²) < 4.78 is 0. The van der Waals surface area contributed by atoms with Crippen LogP contribution in [0.3, 0.4) is 0 Å². The van der Waals surface area contributed by atoms with E-state index in [0.29, 0.717) is 17.5 Å². The molecular weight excluding hydrogens is 597 g/mol. The Morgan fingerprint density at radius 1 is 0.327 bits per heavy atom. The number of hydrogen-bond donors (Lipinski definition) is 0. The van der Waals surface area contributed by atoms with Gasteiger partial charge in [0.05, 0.1) is 11.1 Å². The van der Waals surface area contributed by atoms with Gasteiger partial charge in [0.1, 0.15) is 0 Å². The molecule has 6 aromatic carbocycles. The molecule has 0 spiro atoms. The highest BCUT2D eigenvalue weighted by Gasteiger charge is 2.45. The highest BCUT2D eigenvalue weighted by molar-refractivity contribution is 5.86. The summed E-state index contributed by atoms with van der Waals surface area (Å²) in [6.45, 7) is 0. The van der Waals surface area contributed by atoms with E-state index in [1.165, 1.54) is 33.4 Å². The summed E-state index contributed by atoms with van der Waals surface area (Å²) >= 11 is 0. The van der Waals surface area contributed by atoms with Crippen LogP contribution in [0.15, 0.2) is 182 Å². The van der Waals surface area contributed by atoms with Crippen LogP contribution in [0.25, 0.3) is 56.5 Å². The van der Waals surface area contributed by atoms with Crippen LogP contribution in [-0.2, 0) is 5.41 Å². The van der Waals surface area contributed by atoms with E-state index < -0.39 is 5.41 Å². The van der Waals surface area contributed by atoms with Gasteiger partial charge in [-0.15, -0.1) is 0 Å². The third-order valence-electron chi connectivity index (χ3n) is 9.51. The summed E-state index contributed by atoms with van der Waals surface area (Å²) in [7, 11) is 0. The van der Waals surface area contributed by atoms with Crippen molar-refractivity contribution < 1.29 is 0 Å². The first-order valence-electron chi connectivity index (χ1n) is 16.5. The van der Waals surface area contributed by atoms with Crippen molar-refractivity contribution >= 4 is 0 Å². The fraction of sp³-hybridized carbons (Fsp3) is 0.0222. The monoisotopic (exact) mass is 626 g/mol. The standard InChI is InChI=1S/C45H30N4/c1-3-13-32(14-4-1)42-47-43(33-15-5-2-6-16-33)49-44(48-42)34-24-28-36(29-25-34)45(35-26-22-31(23-27-35)41-21-11-12-30-46-41)39-19-9-7-17-37(39)38-18-8-10-20-40(38)45/h1-30H. The predicted octanol–water partition coefficient (Wildman–Crippen LogP) is 10.3. The maximum atomic E-state index is 4.98. The summed E-state index contributed by atoms with van der Waals surface area (Å²) in [5.41, 5.74) is 11.8. The Morgan fingerprint density at radius 3 is 1.20 bits per heavy atom. The molecule has 0 radical (unpaired) electrons. The van der Waals surface area contributed by atoms with E-state index >= 15 is 0 Å². The first-order chi connectivity index (χ1) is 24.3. The maximum Gasteiger partial charge on any atom is 0.164 e. The van der Waals surface area contributed by atoms with Crippen LogP contribution in [0.5, 0.6) is 0 Å². The Kier molecular flexibility index (Phi) is 6.98. The van der Waals surface area contributed by atoms with Gasteiger partial charge in [0, 0.05) is 28.5 Å². The Hall–Kier alpha value is -6.52. The second-order valence-corrected chi connectivity index (χ2v) is 12.2. The molecule has 9 rings (SSSR count). The molecule has 4 heteroatoms. The predicted molar refractivity (Wildman–Crippen MR) is 197 cm³/mol. The van der Waals surface area contributed by atoms with Crippen LogP contribution in [0.2, 0.25) is 0 Å². The summed E-state index contributed by atoms with van der Waals surface area (Å²) in [5.74, 6) is 1.94. The molecule has 0 bridgehead atoms. The number of rotatable bonds is 6. The minimum absolute atomic E-state index is 0.516. The molecule has 0 N–H and O–H groups in total. The molecule has 0 saturated carbocycles. The second-order valence-electron chi connectivity index (χ2n) is 12.2. The molecule has 2 heterocycles. The molecule has 0 fully saturated rings. The Balaban J connectivity index is 1.21. The molecule has 0 amide bonds. The molecule has 1 aliphatic rings. The number of fused-ring (bicyclic) bond motifs is 3. The van der Waals surface area contributed by atoms with Crippen molar-refractivity contribution in [2.45, 2.75) is 5.41 Å². The number of hydrogen-bond acceptors (Lipinski definition) is 4. The van der Waals surface area contributed by atoms with Crippen molar-refractivity contribution in [2.75, 3.05) is 0 Å². The van der Waals surface area contributed by atoms with Crippen molar-refractivity contribution in [3.8, 4) is 56.5 Å². The summed E-state index contributed by atoms with van der Waals surface area (Å²) in [4.78, 5) is 19.4. The number of benzene rings is 6. The summed E-state index contributed by atoms with van der Waals surface area (Å²) in [5, 5.41) is 0. The quantitative estimate of drug-likeness (QED) is 0.184. The summed E-state index contributed by atoms with van der Waals surface area (Å²) in [6.07, 6.45) is 1.84. The van der Waals surface area contributed by atoms with Gasteiger partial charge in [-0.25, -0.2) is 15.0 Å². The van der Waals surface area contributed by atoms with Crippen LogP contribution in [0.4, 0.5) is 0 Å². The van der Waals surface area contributed by atoms with Gasteiger partial charge in [-0.2, -0.15) is 0 Å². The van der Waals surface area contributed by atoms with Gasteiger partial charge in [0.15, 0.2) is 17.5 Å². The second kappa shape index (κ2) is 11.9. The molecule has 0 unspecified atom stereocenters. The van der Waals surface area contributed by atoms with Crippen LogP contribution in [-0.4, -0.2) is 19.9 Å². The van der Waals surface area contributed by atoms with E-state index in [1.807, 2.05) is 79.0 Å². The zero-order valence-corrected chi connectivity index (χ0v) is 26.6. The highest BCUT2D eigenvalue weighted by Crippen LogP contribution is 2.56. The van der Waals surface area contributed by atoms with Gasteiger partial charge < -0.3 is 0 Å². The zero-order valence-electron chi connectivity index (χ0n) is 26.6. The molecule has 230 valence electrons. The van der Waals surface area contributed by atoms with Gasteiger partial charge in [-0.3, -0.25) is 4.98 Å². The van der Waals surface area contributed by atoms with E-state index in [1.54, 1.807) is 0 Å². The lowest BCUT2D eigenvalue weighted by molar-refractivity contribution is 0.768. The van der Waals surface area contributed by atoms with Gasteiger partial charge >= 0.3 is 0 Å². The average molecular weight is 627 g/mol. The summed E-state index contributed by atoms with van der Waals surface area (Å²) in [6, 6.07) is 61.5. The van der Waals surface area contributed by atoms with Crippen molar-refractivity contribution in [3.63, 3.8) is 0 Å². The highest BCUT2D eigenvalue weighted by atomic mass is 15.0. The Bertz CT molecular complexity index is 2300. The van der Waals surface area contributed by atoms with Crippen molar-refractivity contribution in [1.29, 1.82) is 0 Å². The van der Waals surface area contributed by atoms with Crippen LogP contribution >= 0.6 is 0 Å². The zero-order chi connectivity index (χ0) is 32.6. The van der Waals surface area contributed by atoms with Gasteiger partial charge in [-0.05, 0) is 45.5 Å². The molecule has 8 aromatic rings. The minimum Gasteiger partial charge on any atom is -0.256 e. The molecular formula is C45H30N4. The largest absolute Gasteiger partial charge is 0.256 e. The first kappa shape index (κ1) is 28.7.